The molecule has 0 bridgehead atoms. The first-order valence-corrected chi connectivity index (χ1v) is 11.6. The number of phenols is 1. The van der Waals surface area contributed by atoms with Crippen molar-refractivity contribution >= 4 is 69.0 Å². The maximum Gasteiger partial charge on any atom is 0.159 e. The largest absolute Gasteiger partial charge is 0.504 e. The van der Waals surface area contributed by atoms with Crippen LogP contribution in [0.4, 0.5) is 11.4 Å². The first-order chi connectivity index (χ1) is 17.2. The number of hydrogen-bond donors (Lipinski definition) is 4. The van der Waals surface area contributed by atoms with Crippen LogP contribution < -0.4 is 0 Å². The molecule has 0 aliphatic carbocycles. The second kappa shape index (κ2) is 12.5. The van der Waals surface area contributed by atoms with E-state index in [1.54, 1.807) is 36.4 Å². The fourth-order valence-corrected chi connectivity index (χ4v) is 4.58. The van der Waals surface area contributed by atoms with Crippen molar-refractivity contribution in [3.05, 3.63) is 60.7 Å². The van der Waals surface area contributed by atoms with Crippen LogP contribution in [0, 0.1) is 0 Å². The highest BCUT2D eigenvalue weighted by atomic mass is 32.2. The molecule has 4 aromatic carbocycles. The van der Waals surface area contributed by atoms with Crippen molar-refractivity contribution in [1.82, 2.24) is 0 Å². The van der Waals surface area contributed by atoms with E-state index in [-0.39, 0.29) is 16.3 Å². The summed E-state index contributed by atoms with van der Waals surface area (Å²) in [5, 5.41) is 58.4. The molecule has 0 spiro atoms. The molecule has 0 fully saturated rings. The number of hydrogen-bond acceptors (Lipinski definition) is 15. The van der Waals surface area contributed by atoms with Crippen LogP contribution in [0.15, 0.2) is 85.6 Å². The number of aromatic hydroxyl groups is 1. The van der Waals surface area contributed by atoms with Crippen molar-refractivity contribution in [2.45, 2.75) is 14.7 Å². The molecule has 0 unspecified atom stereocenters. The summed E-state index contributed by atoms with van der Waals surface area (Å²) in [4.78, 5) is 1.42. The zero-order chi connectivity index (χ0) is 24.6. The predicted octanol–water partition coefficient (Wildman–Crippen LogP) is 7.40. The summed E-state index contributed by atoms with van der Waals surface area (Å²) in [5.74, 6) is -0.261. The third kappa shape index (κ3) is 6.01. The van der Waals surface area contributed by atoms with E-state index in [4.69, 9.17) is 15.8 Å². The summed E-state index contributed by atoms with van der Waals surface area (Å²) < 4.78 is 13.5. The van der Waals surface area contributed by atoms with Crippen LogP contribution >= 0.6 is 36.1 Å². The lowest BCUT2D eigenvalue weighted by Gasteiger charge is -2.10. The first kappa shape index (κ1) is 25.6. The maximum absolute atomic E-state index is 10.8. The minimum Gasteiger partial charge on any atom is -0.504 e. The summed E-state index contributed by atoms with van der Waals surface area (Å²) in [5.41, 5.74) is 0.623. The molecule has 0 saturated heterocycles. The van der Waals surface area contributed by atoms with Gasteiger partial charge in [0.15, 0.2) is 5.75 Å². The lowest BCUT2D eigenvalue weighted by atomic mass is 10.1. The highest BCUT2D eigenvalue weighted by molar-refractivity contribution is 7.95. The summed E-state index contributed by atoms with van der Waals surface area (Å²) in [7, 11) is 0. The van der Waals surface area contributed by atoms with Gasteiger partial charge in [-0.1, -0.05) is 45.4 Å². The van der Waals surface area contributed by atoms with E-state index in [1.807, 2.05) is 24.3 Å². The maximum atomic E-state index is 10.8. The second-order valence-corrected chi connectivity index (χ2v) is 8.72. The zero-order valence-electron chi connectivity index (χ0n) is 17.1. The van der Waals surface area contributed by atoms with E-state index in [0.29, 0.717) is 38.3 Å². The Kier molecular flexibility index (Phi) is 9.10. The normalized spacial score (nSPS) is 11.7. The van der Waals surface area contributed by atoms with Gasteiger partial charge in [-0.25, -0.2) is 15.8 Å². The Bertz CT molecular complexity index is 1360. The smallest absolute Gasteiger partial charge is 0.159 e. The molecular formula is C20H14N2O10S3. The number of phenolic OH excluding ortho intramolecular Hbond substituents is 1. The van der Waals surface area contributed by atoms with Crippen molar-refractivity contribution in [1.29, 1.82) is 0 Å². The third-order valence-corrected chi connectivity index (χ3v) is 6.47. The molecule has 0 aromatic heterocycles. The summed E-state index contributed by atoms with van der Waals surface area (Å²) in [6, 6.07) is 17.3. The lowest BCUT2D eigenvalue weighted by molar-refractivity contribution is -0.432. The third-order valence-electron chi connectivity index (χ3n) is 4.61. The van der Waals surface area contributed by atoms with E-state index in [1.165, 1.54) is 0 Å². The number of rotatable bonds is 11. The van der Waals surface area contributed by atoms with Gasteiger partial charge >= 0.3 is 0 Å². The molecule has 0 heterocycles. The van der Waals surface area contributed by atoms with Crippen molar-refractivity contribution in [3.8, 4) is 5.75 Å². The van der Waals surface area contributed by atoms with Crippen LogP contribution in [-0.4, -0.2) is 20.9 Å². The van der Waals surface area contributed by atoms with Gasteiger partial charge in [-0.3, -0.25) is 0 Å². The molecule has 0 atom stereocenters. The molecule has 0 radical (unpaired) electrons. The van der Waals surface area contributed by atoms with Gasteiger partial charge in [-0.05, 0) is 41.1 Å². The minimum atomic E-state index is -0.261. The van der Waals surface area contributed by atoms with Crippen LogP contribution in [0.3, 0.4) is 0 Å². The van der Waals surface area contributed by atoms with Crippen LogP contribution in [0.2, 0.25) is 0 Å². The zero-order valence-corrected chi connectivity index (χ0v) is 19.6. The Balaban J connectivity index is 1.79. The van der Waals surface area contributed by atoms with Gasteiger partial charge in [0.2, 0.25) is 0 Å². The first-order valence-electron chi connectivity index (χ1n) is 9.33. The standard InChI is InChI=1S/C20H14N2O10S3/c23-20-18(35-32-29-26)10-11-9-12(33-30-27-24)5-6-13(11)19(20)22-21-16-7-8-17(34-31-28-25)15-4-2-1-3-14(15)16/h1-10,23-26H. The summed E-state index contributed by atoms with van der Waals surface area (Å²) in [6.45, 7) is 0. The fraction of sp³-hybridized carbons (Fsp3) is 0. The second-order valence-electron chi connectivity index (χ2n) is 6.46. The Morgan fingerprint density at radius 3 is 2.06 bits per heavy atom. The monoisotopic (exact) mass is 538 g/mol. The Morgan fingerprint density at radius 2 is 1.31 bits per heavy atom. The van der Waals surface area contributed by atoms with Gasteiger partial charge in [0.05, 0.1) is 46.7 Å². The average molecular weight is 539 g/mol. The van der Waals surface area contributed by atoms with Crippen molar-refractivity contribution in [2.24, 2.45) is 10.2 Å². The van der Waals surface area contributed by atoms with Gasteiger partial charge in [0, 0.05) is 20.6 Å². The molecule has 0 aliphatic heterocycles. The summed E-state index contributed by atoms with van der Waals surface area (Å²) >= 11 is 2.14. The topological polar surface area (TPSA) is 161 Å². The Labute approximate surface area is 209 Å². The molecule has 4 aromatic rings. The summed E-state index contributed by atoms with van der Waals surface area (Å²) in [6.07, 6.45) is 0. The molecule has 15 heteroatoms. The number of azo groups is 1. The molecule has 0 saturated carbocycles. The highest BCUT2D eigenvalue weighted by Crippen LogP contribution is 2.45. The molecule has 0 aliphatic rings. The highest BCUT2D eigenvalue weighted by Gasteiger charge is 2.16. The Hall–Kier alpha value is -2.51. The van der Waals surface area contributed by atoms with Crippen molar-refractivity contribution in [3.63, 3.8) is 0 Å². The molecule has 35 heavy (non-hydrogen) atoms. The van der Waals surface area contributed by atoms with Gasteiger partial charge in [0.25, 0.3) is 0 Å². The molecule has 182 valence electrons. The van der Waals surface area contributed by atoms with Gasteiger partial charge in [0.1, 0.15) is 5.69 Å². The molecule has 12 nitrogen and oxygen atoms in total. The van der Waals surface area contributed by atoms with Gasteiger partial charge < -0.3 is 5.11 Å². The van der Waals surface area contributed by atoms with E-state index >= 15 is 0 Å². The minimum absolute atomic E-state index is 0.127. The van der Waals surface area contributed by atoms with Gasteiger partial charge in [-0.15, -0.1) is 23.2 Å². The van der Waals surface area contributed by atoms with Crippen molar-refractivity contribution < 1.29 is 49.0 Å². The predicted molar refractivity (Wildman–Crippen MR) is 126 cm³/mol. The quantitative estimate of drug-likeness (QED) is 0.0647. The van der Waals surface area contributed by atoms with Crippen LogP contribution in [0.25, 0.3) is 21.5 Å². The Morgan fingerprint density at radius 1 is 0.629 bits per heavy atom. The molecular weight excluding hydrogens is 524 g/mol. The molecule has 4 N–H and O–H groups in total. The number of benzene rings is 4. The lowest BCUT2D eigenvalue weighted by Crippen LogP contribution is -1.85. The van der Waals surface area contributed by atoms with Crippen LogP contribution in [-0.2, 0) is 28.1 Å². The van der Waals surface area contributed by atoms with E-state index in [2.05, 4.69) is 38.3 Å². The van der Waals surface area contributed by atoms with Crippen LogP contribution in [0.1, 0.15) is 0 Å². The molecule has 4 rings (SSSR count). The van der Waals surface area contributed by atoms with E-state index < -0.39 is 0 Å². The average Bonchev–Trinajstić information content (AvgIpc) is 2.89. The number of fused-ring (bicyclic) bond motifs is 2. The van der Waals surface area contributed by atoms with E-state index in [9.17, 15) is 5.11 Å². The van der Waals surface area contributed by atoms with Gasteiger partial charge in [-0.2, -0.15) is 0 Å². The fourth-order valence-electron chi connectivity index (χ4n) is 3.22. The van der Waals surface area contributed by atoms with Crippen molar-refractivity contribution in [2.75, 3.05) is 0 Å². The van der Waals surface area contributed by atoms with E-state index in [0.717, 1.165) is 34.9 Å². The molecule has 0 amide bonds. The SMILES string of the molecule is OOOSc1ccc2c(N=Nc3ccc(SOOO)c4ccccc34)c(O)c(SOOO)cc2c1. The van der Waals surface area contributed by atoms with Crippen LogP contribution in [0.5, 0.6) is 5.75 Å². The number of nitrogens with zero attached hydrogens (tertiary/aromatic N) is 2.